The van der Waals surface area contributed by atoms with Crippen LogP contribution in [0.4, 0.5) is 11.8 Å². The van der Waals surface area contributed by atoms with Crippen LogP contribution in [-0.2, 0) is 4.79 Å². The van der Waals surface area contributed by atoms with Crippen molar-refractivity contribution in [2.24, 2.45) is 17.3 Å². The Labute approximate surface area is 235 Å². The van der Waals surface area contributed by atoms with Crippen molar-refractivity contribution in [2.45, 2.75) is 58.5 Å². The zero-order valence-electron chi connectivity index (χ0n) is 22.4. The molecule has 2 aromatic rings. The van der Waals surface area contributed by atoms with E-state index in [-0.39, 0.29) is 6.04 Å². The van der Waals surface area contributed by atoms with Crippen LogP contribution in [0.3, 0.4) is 0 Å². The van der Waals surface area contributed by atoms with E-state index in [1.807, 2.05) is 32.2 Å². The minimum atomic E-state index is -0.658. The molecule has 1 aromatic heterocycles. The third-order valence-corrected chi connectivity index (χ3v) is 9.33. The van der Waals surface area contributed by atoms with Gasteiger partial charge in [-0.15, -0.1) is 0 Å². The molecule has 2 aliphatic heterocycles. The van der Waals surface area contributed by atoms with Crippen LogP contribution >= 0.6 is 23.2 Å². The average molecular weight is 559 g/mol. The molecule has 9 heteroatoms. The maximum atomic E-state index is 11.5. The van der Waals surface area contributed by atoms with Crippen molar-refractivity contribution >= 4 is 46.5 Å². The predicted octanol–water partition coefficient (Wildman–Crippen LogP) is 6.39. The Bertz CT molecular complexity index is 1230. The van der Waals surface area contributed by atoms with E-state index < -0.39 is 11.4 Å². The van der Waals surface area contributed by atoms with E-state index in [0.717, 1.165) is 67.5 Å². The van der Waals surface area contributed by atoms with Crippen LogP contribution in [-0.4, -0.2) is 58.2 Å². The molecule has 38 heavy (non-hydrogen) atoms. The smallest absolute Gasteiger partial charge is 0.309 e. The highest BCUT2D eigenvalue weighted by Crippen LogP contribution is 2.45. The number of likely N-dealkylation sites (tertiary alicyclic amines) is 1. The van der Waals surface area contributed by atoms with Crippen LogP contribution in [0.5, 0.6) is 0 Å². The van der Waals surface area contributed by atoms with Crippen molar-refractivity contribution in [1.29, 1.82) is 0 Å². The second kappa shape index (κ2) is 10.7. The molecule has 1 saturated carbocycles. The van der Waals surface area contributed by atoms with Gasteiger partial charge in [-0.25, -0.2) is 4.98 Å². The molecule has 3 aliphatic rings. The fourth-order valence-electron chi connectivity index (χ4n) is 6.23. The van der Waals surface area contributed by atoms with E-state index in [2.05, 4.69) is 33.6 Å². The lowest BCUT2D eigenvalue weighted by atomic mass is 9.65. The number of allylic oxidation sites excluding steroid dienone is 1. The summed E-state index contributed by atoms with van der Waals surface area (Å²) >= 11 is 12.5. The molecule has 0 bridgehead atoms. The molecule has 204 valence electrons. The normalized spacial score (nSPS) is 26.8. The molecule has 0 radical (unpaired) electrons. The second-order valence-corrected chi connectivity index (χ2v) is 12.6. The number of anilines is 2. The minimum absolute atomic E-state index is 0.0764. The van der Waals surface area contributed by atoms with E-state index in [9.17, 15) is 9.90 Å². The third kappa shape index (κ3) is 5.38. The van der Waals surface area contributed by atoms with Gasteiger partial charge in [-0.2, -0.15) is 4.98 Å². The first kappa shape index (κ1) is 27.2. The number of rotatable bonds is 8. The lowest BCUT2D eigenvalue weighted by Gasteiger charge is -2.52. The summed E-state index contributed by atoms with van der Waals surface area (Å²) in [4.78, 5) is 25.9. The van der Waals surface area contributed by atoms with Gasteiger partial charge >= 0.3 is 5.97 Å². The zero-order valence-corrected chi connectivity index (χ0v) is 23.9. The van der Waals surface area contributed by atoms with Crippen LogP contribution in [0.15, 0.2) is 31.0 Å². The van der Waals surface area contributed by atoms with E-state index in [1.165, 1.54) is 12.8 Å². The number of nitrogens with zero attached hydrogens (tertiary/aromatic N) is 4. The fourth-order valence-corrected chi connectivity index (χ4v) is 6.80. The summed E-state index contributed by atoms with van der Waals surface area (Å²) in [5.74, 6) is 2.06. The van der Waals surface area contributed by atoms with Crippen molar-refractivity contribution in [1.82, 2.24) is 14.9 Å². The van der Waals surface area contributed by atoms with E-state index in [0.29, 0.717) is 27.9 Å². The number of piperidine rings is 1. The van der Waals surface area contributed by atoms with Crippen LogP contribution in [0.2, 0.25) is 10.0 Å². The van der Waals surface area contributed by atoms with Gasteiger partial charge in [0, 0.05) is 47.5 Å². The molecule has 3 heterocycles. The maximum Gasteiger partial charge on any atom is 0.309 e. The van der Waals surface area contributed by atoms with Crippen molar-refractivity contribution < 1.29 is 9.90 Å². The topological polar surface area (TPSA) is 81.6 Å². The predicted molar refractivity (Wildman–Crippen MR) is 154 cm³/mol. The number of hydrogen-bond donors (Lipinski definition) is 2. The van der Waals surface area contributed by atoms with E-state index in [1.54, 1.807) is 6.07 Å². The molecule has 0 spiro atoms. The standard InChI is InChI=1S/C29H37Cl2N5O2/c1-17(2)24-13-32-28(34-26(24)33-18(3)23-8-7-21(30)10-25(23)31)36-15-20(16-36)19-6-5-9-35(14-19)22-11-29(4,12-22)27(37)38/h7-8,10,13,18-20,22H,1,5-6,9,11-12,14-16H2,2-4H3,(H,37,38)(H,32,33,34)/t18-,19+,22?,29?/m1/s1. The van der Waals surface area contributed by atoms with E-state index >= 15 is 0 Å². The molecule has 2 saturated heterocycles. The summed E-state index contributed by atoms with van der Waals surface area (Å²) < 4.78 is 0. The van der Waals surface area contributed by atoms with Gasteiger partial charge in [-0.1, -0.05) is 35.8 Å². The Morgan fingerprint density at radius 1 is 1.24 bits per heavy atom. The van der Waals surface area contributed by atoms with Crippen molar-refractivity contribution in [3.8, 4) is 0 Å². The van der Waals surface area contributed by atoms with Gasteiger partial charge in [-0.05, 0) is 88.1 Å². The summed E-state index contributed by atoms with van der Waals surface area (Å²) in [6.07, 6.45) is 5.81. The highest BCUT2D eigenvalue weighted by atomic mass is 35.5. The molecule has 2 atom stereocenters. The van der Waals surface area contributed by atoms with Gasteiger partial charge in [0.25, 0.3) is 0 Å². The number of nitrogens with one attached hydrogen (secondary N) is 1. The molecule has 1 aromatic carbocycles. The molecule has 1 aliphatic carbocycles. The summed E-state index contributed by atoms with van der Waals surface area (Å²) in [6, 6.07) is 5.87. The van der Waals surface area contributed by atoms with Crippen molar-refractivity contribution in [3.05, 3.63) is 52.1 Å². The third-order valence-electron chi connectivity index (χ3n) is 8.77. The largest absolute Gasteiger partial charge is 0.481 e. The van der Waals surface area contributed by atoms with Gasteiger partial charge in [-0.3, -0.25) is 4.79 Å². The maximum absolute atomic E-state index is 11.5. The Kier molecular flexibility index (Phi) is 7.64. The summed E-state index contributed by atoms with van der Waals surface area (Å²) in [5, 5.41) is 14.2. The highest BCUT2D eigenvalue weighted by Gasteiger charge is 2.49. The van der Waals surface area contributed by atoms with E-state index in [4.69, 9.17) is 28.2 Å². The van der Waals surface area contributed by atoms with Gasteiger partial charge in [0.05, 0.1) is 11.5 Å². The molecule has 2 N–H and O–H groups in total. The van der Waals surface area contributed by atoms with Gasteiger partial charge < -0.3 is 20.2 Å². The van der Waals surface area contributed by atoms with Crippen molar-refractivity contribution in [2.75, 3.05) is 36.4 Å². The number of carboxylic acid groups (broad SMARTS) is 1. The summed E-state index contributed by atoms with van der Waals surface area (Å²) in [5.41, 5.74) is 2.19. The zero-order chi connectivity index (χ0) is 27.2. The SMILES string of the molecule is C=C(C)c1cnc(N2CC([C@H]3CCCN(C4CC(C)(C(=O)O)C4)C3)C2)nc1N[C@H](C)c1ccc(Cl)cc1Cl. The van der Waals surface area contributed by atoms with Crippen molar-refractivity contribution in [3.63, 3.8) is 0 Å². The summed E-state index contributed by atoms with van der Waals surface area (Å²) in [6.45, 7) is 14.0. The quantitative estimate of drug-likeness (QED) is 0.389. The Balaban J connectivity index is 1.22. The average Bonchev–Trinajstić information content (AvgIpc) is 2.81. The number of carboxylic acids is 1. The Hall–Kier alpha value is -2.35. The lowest BCUT2D eigenvalue weighted by molar-refractivity contribution is -0.158. The lowest BCUT2D eigenvalue weighted by Crippen LogP contribution is -2.58. The molecule has 5 rings (SSSR count). The molecule has 0 unspecified atom stereocenters. The summed E-state index contributed by atoms with van der Waals surface area (Å²) in [7, 11) is 0. The van der Waals surface area contributed by atoms with Crippen LogP contribution in [0.1, 0.15) is 63.6 Å². The number of benzene rings is 1. The number of hydrogen-bond acceptors (Lipinski definition) is 6. The monoisotopic (exact) mass is 557 g/mol. The number of halogens is 2. The molecule has 3 fully saturated rings. The minimum Gasteiger partial charge on any atom is -0.481 e. The number of aliphatic carboxylic acids is 1. The van der Waals surface area contributed by atoms with Crippen LogP contribution < -0.4 is 10.2 Å². The molecular weight excluding hydrogens is 521 g/mol. The fraction of sp³-hybridized carbons (Fsp3) is 0.552. The second-order valence-electron chi connectivity index (χ2n) is 11.7. The van der Waals surface area contributed by atoms with Gasteiger partial charge in [0.15, 0.2) is 0 Å². The molecular formula is C29H37Cl2N5O2. The number of aromatic nitrogens is 2. The first-order chi connectivity index (χ1) is 18.0. The van der Waals surface area contributed by atoms with Crippen LogP contribution in [0.25, 0.3) is 5.57 Å². The first-order valence-electron chi connectivity index (χ1n) is 13.5. The molecule has 0 amide bonds. The van der Waals surface area contributed by atoms with Gasteiger partial charge in [0.1, 0.15) is 5.82 Å². The van der Waals surface area contributed by atoms with Crippen LogP contribution in [0, 0.1) is 17.3 Å². The van der Waals surface area contributed by atoms with Gasteiger partial charge in [0.2, 0.25) is 5.95 Å². The molecule has 7 nitrogen and oxygen atoms in total. The first-order valence-corrected chi connectivity index (χ1v) is 14.3. The number of carbonyl (C=O) groups is 1. The Morgan fingerprint density at radius 2 is 1.97 bits per heavy atom. The Morgan fingerprint density at radius 3 is 2.63 bits per heavy atom. The highest BCUT2D eigenvalue weighted by molar-refractivity contribution is 6.35.